The lowest BCUT2D eigenvalue weighted by Crippen LogP contribution is -2.19. The van der Waals surface area contributed by atoms with Crippen LogP contribution in [0.25, 0.3) is 16.9 Å². The van der Waals surface area contributed by atoms with E-state index in [-0.39, 0.29) is 5.56 Å². The molecule has 3 aromatic heterocycles. The molecule has 0 aromatic carbocycles. The van der Waals surface area contributed by atoms with Crippen molar-refractivity contribution in [1.29, 1.82) is 0 Å². The van der Waals surface area contributed by atoms with Crippen LogP contribution in [0.3, 0.4) is 0 Å². The maximum absolute atomic E-state index is 12.1. The number of nitrogens with zero attached hydrogens (tertiary/aromatic N) is 4. The topological polar surface area (TPSA) is 75.9 Å². The Balaban J connectivity index is 2.67. The highest BCUT2D eigenvalue weighted by Crippen LogP contribution is 2.06. The van der Waals surface area contributed by atoms with E-state index in [1.165, 1.54) is 10.7 Å². The number of nitrogens with one attached hydrogen (secondary N) is 1. The molecule has 80 valence electrons. The molecular formula is C10H9N5O. The zero-order chi connectivity index (χ0) is 11.3. The summed E-state index contributed by atoms with van der Waals surface area (Å²) >= 11 is 0. The molecule has 0 bridgehead atoms. The molecule has 0 aliphatic carbocycles. The molecule has 6 nitrogen and oxygen atoms in total. The zero-order valence-corrected chi connectivity index (χ0v) is 8.85. The molecule has 0 aliphatic rings. The van der Waals surface area contributed by atoms with E-state index < -0.39 is 0 Å². The molecule has 0 spiro atoms. The van der Waals surface area contributed by atoms with Gasteiger partial charge in [0.05, 0.1) is 6.33 Å². The van der Waals surface area contributed by atoms with Gasteiger partial charge >= 0.3 is 0 Å². The maximum atomic E-state index is 12.1. The van der Waals surface area contributed by atoms with Crippen LogP contribution in [0.5, 0.6) is 0 Å². The van der Waals surface area contributed by atoms with Gasteiger partial charge in [-0.1, -0.05) is 0 Å². The van der Waals surface area contributed by atoms with E-state index in [1.807, 2.05) is 19.9 Å². The first-order valence-electron chi connectivity index (χ1n) is 4.87. The Bertz CT molecular complexity index is 755. The average molecular weight is 215 g/mol. The molecule has 0 fully saturated rings. The number of rotatable bonds is 0. The van der Waals surface area contributed by atoms with Crippen LogP contribution in [-0.2, 0) is 0 Å². The fourth-order valence-corrected chi connectivity index (χ4v) is 1.83. The van der Waals surface area contributed by atoms with Crippen LogP contribution < -0.4 is 5.56 Å². The van der Waals surface area contributed by atoms with Crippen molar-refractivity contribution in [2.45, 2.75) is 13.8 Å². The Morgan fingerprint density at radius 3 is 2.94 bits per heavy atom. The quantitative estimate of drug-likeness (QED) is 0.595. The molecule has 0 amide bonds. The van der Waals surface area contributed by atoms with Gasteiger partial charge in [-0.05, 0) is 19.9 Å². The summed E-state index contributed by atoms with van der Waals surface area (Å²) in [6.45, 7) is 3.72. The van der Waals surface area contributed by atoms with Gasteiger partial charge in [0, 0.05) is 11.4 Å². The van der Waals surface area contributed by atoms with Crippen molar-refractivity contribution < 1.29 is 0 Å². The summed E-state index contributed by atoms with van der Waals surface area (Å²) in [5.74, 6) is 0.391. The second-order valence-electron chi connectivity index (χ2n) is 3.69. The summed E-state index contributed by atoms with van der Waals surface area (Å²) < 4.78 is 1.48. The van der Waals surface area contributed by atoms with E-state index in [2.05, 4.69) is 19.9 Å². The summed E-state index contributed by atoms with van der Waals surface area (Å²) in [4.78, 5) is 27.3. The van der Waals surface area contributed by atoms with Gasteiger partial charge in [-0.15, -0.1) is 0 Å². The molecule has 0 saturated heterocycles. The molecule has 0 atom stereocenters. The predicted octanol–water partition coefficient (Wildman–Crippen LogP) is 0.583. The van der Waals surface area contributed by atoms with Gasteiger partial charge in [0.15, 0.2) is 11.2 Å². The SMILES string of the molecule is Cc1cc(C)n2c(=O)c3[nH]cnc3nc2n1. The lowest BCUT2D eigenvalue weighted by Gasteiger charge is -2.04. The van der Waals surface area contributed by atoms with Gasteiger partial charge in [-0.2, -0.15) is 4.98 Å². The molecule has 3 heterocycles. The smallest absolute Gasteiger partial charge is 0.285 e. The Morgan fingerprint density at radius 2 is 2.12 bits per heavy atom. The predicted molar refractivity (Wildman–Crippen MR) is 58.4 cm³/mol. The molecule has 1 N–H and O–H groups in total. The Labute approximate surface area is 90.0 Å². The molecule has 16 heavy (non-hydrogen) atoms. The molecule has 0 aliphatic heterocycles. The maximum Gasteiger partial charge on any atom is 0.285 e. The van der Waals surface area contributed by atoms with Crippen LogP contribution in [0, 0.1) is 13.8 Å². The molecule has 0 saturated carbocycles. The second kappa shape index (κ2) is 2.88. The molecule has 6 heteroatoms. The first kappa shape index (κ1) is 9.02. The summed E-state index contributed by atoms with van der Waals surface area (Å²) in [6.07, 6.45) is 1.46. The van der Waals surface area contributed by atoms with E-state index in [0.717, 1.165) is 11.4 Å². The van der Waals surface area contributed by atoms with Crippen LogP contribution in [0.1, 0.15) is 11.4 Å². The number of hydrogen-bond acceptors (Lipinski definition) is 4. The van der Waals surface area contributed by atoms with Crippen molar-refractivity contribution in [2.24, 2.45) is 0 Å². The summed E-state index contributed by atoms with van der Waals surface area (Å²) in [7, 11) is 0. The van der Waals surface area contributed by atoms with Crippen molar-refractivity contribution >= 4 is 16.9 Å². The largest absolute Gasteiger partial charge is 0.339 e. The minimum Gasteiger partial charge on any atom is -0.339 e. The van der Waals surface area contributed by atoms with Crippen molar-refractivity contribution in [3.05, 3.63) is 34.1 Å². The number of imidazole rings is 1. The van der Waals surface area contributed by atoms with E-state index in [9.17, 15) is 4.79 Å². The number of aryl methyl sites for hydroxylation is 2. The Kier molecular flexibility index (Phi) is 1.62. The number of H-pyrrole nitrogens is 1. The third-order valence-electron chi connectivity index (χ3n) is 2.49. The normalized spacial score (nSPS) is 11.4. The zero-order valence-electron chi connectivity index (χ0n) is 8.85. The van der Waals surface area contributed by atoms with Gasteiger partial charge in [0.25, 0.3) is 5.56 Å². The van der Waals surface area contributed by atoms with Crippen LogP contribution in [-0.4, -0.2) is 24.3 Å². The van der Waals surface area contributed by atoms with Crippen molar-refractivity contribution in [1.82, 2.24) is 24.3 Å². The standard InChI is InChI=1S/C10H9N5O/c1-5-3-6(2)15-9(16)7-8(12-4-11-7)14-10(15)13-5/h3-4H,1-2H3,(H,11,12). The fourth-order valence-electron chi connectivity index (χ4n) is 1.83. The number of aromatic nitrogens is 5. The molecule has 0 unspecified atom stereocenters. The molecule has 3 aromatic rings. The van der Waals surface area contributed by atoms with Crippen molar-refractivity contribution in [2.75, 3.05) is 0 Å². The molecular weight excluding hydrogens is 206 g/mol. The molecule has 0 radical (unpaired) electrons. The molecule has 3 rings (SSSR count). The third kappa shape index (κ3) is 1.06. The highest BCUT2D eigenvalue weighted by Gasteiger charge is 2.09. The minimum atomic E-state index is -0.164. The summed E-state index contributed by atoms with van der Waals surface area (Å²) in [5, 5.41) is 0. The summed E-state index contributed by atoms with van der Waals surface area (Å²) in [5.41, 5.74) is 2.30. The first-order chi connectivity index (χ1) is 7.66. The van der Waals surface area contributed by atoms with Gasteiger partial charge in [0.1, 0.15) is 0 Å². The monoisotopic (exact) mass is 215 g/mol. The summed E-state index contributed by atoms with van der Waals surface area (Å²) in [6, 6.07) is 1.85. The second-order valence-corrected chi connectivity index (χ2v) is 3.69. The van der Waals surface area contributed by atoms with Gasteiger partial charge in [-0.3, -0.25) is 4.79 Å². The van der Waals surface area contributed by atoms with E-state index >= 15 is 0 Å². The highest BCUT2D eigenvalue weighted by molar-refractivity contribution is 5.70. The first-order valence-corrected chi connectivity index (χ1v) is 4.87. The minimum absolute atomic E-state index is 0.164. The van der Waals surface area contributed by atoms with Crippen LogP contribution in [0.2, 0.25) is 0 Å². The Morgan fingerprint density at radius 1 is 1.31 bits per heavy atom. The third-order valence-corrected chi connectivity index (χ3v) is 2.49. The van der Waals surface area contributed by atoms with Crippen molar-refractivity contribution in [3.8, 4) is 0 Å². The lowest BCUT2D eigenvalue weighted by molar-refractivity contribution is 0.949. The van der Waals surface area contributed by atoms with Crippen LogP contribution >= 0.6 is 0 Å². The fraction of sp³-hybridized carbons (Fsp3) is 0.200. The van der Waals surface area contributed by atoms with Crippen LogP contribution in [0.15, 0.2) is 17.2 Å². The number of aromatic amines is 1. The van der Waals surface area contributed by atoms with E-state index in [4.69, 9.17) is 0 Å². The Hall–Kier alpha value is -2.24. The van der Waals surface area contributed by atoms with E-state index in [1.54, 1.807) is 0 Å². The number of fused-ring (bicyclic) bond motifs is 2. The highest BCUT2D eigenvalue weighted by atomic mass is 16.1. The van der Waals surface area contributed by atoms with Crippen LogP contribution in [0.4, 0.5) is 0 Å². The average Bonchev–Trinajstić information content (AvgIpc) is 2.64. The van der Waals surface area contributed by atoms with Crippen molar-refractivity contribution in [3.63, 3.8) is 0 Å². The van der Waals surface area contributed by atoms with Gasteiger partial charge < -0.3 is 4.98 Å². The number of hydrogen-bond donors (Lipinski definition) is 1. The van der Waals surface area contributed by atoms with E-state index in [0.29, 0.717) is 16.9 Å². The lowest BCUT2D eigenvalue weighted by atomic mass is 10.3. The van der Waals surface area contributed by atoms with Gasteiger partial charge in [0.2, 0.25) is 5.78 Å². The van der Waals surface area contributed by atoms with Gasteiger partial charge in [-0.25, -0.2) is 14.4 Å².